The number of ether oxygens (including phenoxy) is 2. The Morgan fingerprint density at radius 1 is 1.19 bits per heavy atom. The maximum atomic E-state index is 12.4. The minimum atomic E-state index is -0.886. The molecule has 3 rings (SSSR count). The van der Waals surface area contributed by atoms with Gasteiger partial charge in [-0.05, 0) is 29.2 Å². The molecule has 1 aliphatic rings. The van der Waals surface area contributed by atoms with E-state index in [9.17, 15) is 9.59 Å². The van der Waals surface area contributed by atoms with E-state index in [2.05, 4.69) is 23.4 Å². The number of hydrogen-bond acceptors (Lipinski definition) is 4. The van der Waals surface area contributed by atoms with Crippen LogP contribution < -0.4 is 0 Å². The van der Waals surface area contributed by atoms with Crippen LogP contribution in [0.4, 0.5) is 4.79 Å². The number of rotatable bonds is 5. The molecule has 0 heterocycles. The highest BCUT2D eigenvalue weighted by molar-refractivity contribution is 5.82. The van der Waals surface area contributed by atoms with E-state index in [1.54, 1.807) is 0 Å². The summed E-state index contributed by atoms with van der Waals surface area (Å²) in [6.45, 7) is 4.88. The van der Waals surface area contributed by atoms with E-state index in [1.165, 1.54) is 14.0 Å². The van der Waals surface area contributed by atoms with E-state index in [1.807, 2.05) is 36.4 Å². The third-order valence-electron chi connectivity index (χ3n) is 4.72. The van der Waals surface area contributed by atoms with E-state index in [0.29, 0.717) is 0 Å². The van der Waals surface area contributed by atoms with Gasteiger partial charge in [0.2, 0.25) is 0 Å². The van der Waals surface area contributed by atoms with Gasteiger partial charge in [-0.25, -0.2) is 9.59 Å². The SMILES string of the molecule is [3H]C(=C)OC(=O)[C@H](C)N(C)C(=O)OCC1c2ccccc2-c2ccccc21. The van der Waals surface area contributed by atoms with Crippen molar-refractivity contribution in [2.75, 3.05) is 13.7 Å². The monoisotopic (exact) mass is 353 g/mol. The molecule has 5 nitrogen and oxygen atoms in total. The zero-order valence-corrected chi connectivity index (χ0v) is 14.8. The van der Waals surface area contributed by atoms with Crippen LogP contribution in [0.15, 0.2) is 61.3 Å². The molecule has 1 amide bonds. The van der Waals surface area contributed by atoms with Crippen molar-refractivity contribution in [3.8, 4) is 11.1 Å². The Balaban J connectivity index is 1.70. The van der Waals surface area contributed by atoms with Crippen LogP contribution in [0.1, 0.15) is 25.3 Å². The number of carbonyl (C=O) groups is 2. The van der Waals surface area contributed by atoms with Gasteiger partial charge in [0.25, 0.3) is 0 Å². The quantitative estimate of drug-likeness (QED) is 0.603. The zero-order chi connectivity index (χ0) is 19.6. The van der Waals surface area contributed by atoms with Crippen LogP contribution in [-0.2, 0) is 14.3 Å². The van der Waals surface area contributed by atoms with Crippen molar-refractivity contribution in [3.05, 3.63) is 72.5 Å². The van der Waals surface area contributed by atoms with Gasteiger partial charge in [-0.3, -0.25) is 4.90 Å². The summed E-state index contributed by atoms with van der Waals surface area (Å²) < 4.78 is 17.2. The standard InChI is InChI=1S/C21H21NO4/c1-4-25-20(23)14(2)22(3)21(24)26-13-19-17-11-7-5-9-15(17)16-10-6-8-12-18(16)19/h4-12,14,19H,1,13H2,2-3H3/t14-/m0/s1/i4T. The van der Waals surface area contributed by atoms with Gasteiger partial charge >= 0.3 is 12.1 Å². The van der Waals surface area contributed by atoms with Crippen LogP contribution in [0.25, 0.3) is 11.1 Å². The first-order chi connectivity index (χ1) is 12.9. The predicted molar refractivity (Wildman–Crippen MR) is 98.6 cm³/mol. The molecule has 134 valence electrons. The molecule has 0 saturated carbocycles. The van der Waals surface area contributed by atoms with E-state index in [0.717, 1.165) is 27.2 Å². The average Bonchev–Trinajstić information content (AvgIpc) is 2.98. The molecule has 0 aliphatic heterocycles. The van der Waals surface area contributed by atoms with E-state index < -0.39 is 24.3 Å². The fourth-order valence-electron chi connectivity index (χ4n) is 3.17. The molecule has 1 atom stereocenters. The summed E-state index contributed by atoms with van der Waals surface area (Å²) in [4.78, 5) is 25.4. The molecule has 0 N–H and O–H groups in total. The van der Waals surface area contributed by atoms with Gasteiger partial charge in [0.1, 0.15) is 14.0 Å². The van der Waals surface area contributed by atoms with Gasteiger partial charge in [0.05, 0.1) is 6.24 Å². The van der Waals surface area contributed by atoms with Gasteiger partial charge < -0.3 is 9.47 Å². The fourth-order valence-corrected chi connectivity index (χ4v) is 3.17. The molecule has 5 heteroatoms. The molecule has 1 aliphatic carbocycles. The molecule has 2 aromatic carbocycles. The number of amides is 1. The minimum absolute atomic E-state index is 0.0509. The fraction of sp³-hybridized carbons (Fsp3) is 0.238. The maximum absolute atomic E-state index is 12.4. The highest BCUT2D eigenvalue weighted by atomic mass is 16.6. The van der Waals surface area contributed by atoms with E-state index >= 15 is 0 Å². The lowest BCUT2D eigenvalue weighted by Gasteiger charge is -2.23. The Bertz CT molecular complexity index is 850. The number of fused-ring (bicyclic) bond motifs is 3. The highest BCUT2D eigenvalue weighted by Crippen LogP contribution is 2.44. The Labute approximate surface area is 154 Å². The van der Waals surface area contributed by atoms with Crippen LogP contribution in [0.2, 0.25) is 0 Å². The van der Waals surface area contributed by atoms with Gasteiger partial charge in [-0.15, -0.1) is 0 Å². The first-order valence-electron chi connectivity index (χ1n) is 8.85. The summed E-state index contributed by atoms with van der Waals surface area (Å²) in [6, 6.07) is 15.2. The lowest BCUT2D eigenvalue weighted by Crippen LogP contribution is -2.41. The number of benzene rings is 2. The van der Waals surface area contributed by atoms with Gasteiger partial charge in [0, 0.05) is 13.0 Å². The number of esters is 1. The second kappa shape index (κ2) is 7.44. The Kier molecular flexibility index (Phi) is 4.69. The largest absolute Gasteiger partial charge is 0.448 e. The molecular weight excluding hydrogens is 330 g/mol. The van der Waals surface area contributed by atoms with E-state index in [-0.39, 0.29) is 12.5 Å². The Morgan fingerprint density at radius 3 is 2.27 bits per heavy atom. The second-order valence-electron chi connectivity index (χ2n) is 6.16. The third kappa shape index (κ3) is 3.20. The van der Waals surface area contributed by atoms with Crippen LogP contribution in [0, 0.1) is 0 Å². The molecule has 0 spiro atoms. The number of nitrogens with zero attached hydrogens (tertiary/aromatic N) is 1. The molecule has 0 bridgehead atoms. The molecule has 2 aromatic rings. The van der Waals surface area contributed by atoms with Crippen LogP contribution in [0.3, 0.4) is 0 Å². The molecule has 0 unspecified atom stereocenters. The summed E-state index contributed by atoms with van der Waals surface area (Å²) in [5, 5.41) is 0. The van der Waals surface area contributed by atoms with Crippen molar-refractivity contribution in [2.24, 2.45) is 0 Å². The smallest absolute Gasteiger partial charge is 0.410 e. The van der Waals surface area contributed by atoms with Crippen molar-refractivity contribution in [3.63, 3.8) is 0 Å². The van der Waals surface area contributed by atoms with Crippen LogP contribution in [0.5, 0.6) is 0 Å². The van der Waals surface area contributed by atoms with Gasteiger partial charge in [-0.1, -0.05) is 55.1 Å². The topological polar surface area (TPSA) is 55.8 Å². The minimum Gasteiger partial charge on any atom is -0.448 e. The first-order valence-corrected chi connectivity index (χ1v) is 8.35. The highest BCUT2D eigenvalue weighted by Gasteiger charge is 2.30. The first kappa shape index (κ1) is 16.4. The molecule has 26 heavy (non-hydrogen) atoms. The second-order valence-corrected chi connectivity index (χ2v) is 6.16. The van der Waals surface area contributed by atoms with Gasteiger partial charge in [0.15, 0.2) is 0 Å². The molecular formula is C21H21NO4. The summed E-state index contributed by atoms with van der Waals surface area (Å²) in [7, 11) is 1.46. The number of carbonyl (C=O) groups excluding carboxylic acids is 2. The predicted octanol–water partition coefficient (Wildman–Crippen LogP) is 3.94. The molecule has 0 aromatic heterocycles. The lowest BCUT2D eigenvalue weighted by atomic mass is 9.98. The van der Waals surface area contributed by atoms with Crippen molar-refractivity contribution in [2.45, 2.75) is 18.9 Å². The van der Waals surface area contributed by atoms with Crippen molar-refractivity contribution < 1.29 is 20.4 Å². The summed E-state index contributed by atoms with van der Waals surface area (Å²) >= 11 is 0. The maximum Gasteiger partial charge on any atom is 0.410 e. The Hall–Kier alpha value is -3.08. The van der Waals surface area contributed by atoms with Crippen molar-refractivity contribution in [1.29, 1.82) is 0 Å². The summed E-state index contributed by atoms with van der Waals surface area (Å²) in [5.74, 6) is -0.781. The summed E-state index contributed by atoms with van der Waals surface area (Å²) in [5.41, 5.74) is 4.53. The van der Waals surface area contributed by atoms with Gasteiger partial charge in [-0.2, -0.15) is 0 Å². The lowest BCUT2D eigenvalue weighted by molar-refractivity contribution is -0.142. The molecule has 0 saturated heterocycles. The third-order valence-corrected chi connectivity index (χ3v) is 4.72. The van der Waals surface area contributed by atoms with Crippen molar-refractivity contribution in [1.82, 2.24) is 4.90 Å². The zero-order valence-electron chi connectivity index (χ0n) is 15.8. The van der Waals surface area contributed by atoms with Crippen LogP contribution >= 0.6 is 0 Å². The summed E-state index contributed by atoms with van der Waals surface area (Å²) in [6.07, 6.45) is -1.09. The normalized spacial score (nSPS) is 13.8. The van der Waals surface area contributed by atoms with Crippen molar-refractivity contribution >= 4 is 12.1 Å². The van der Waals surface area contributed by atoms with E-state index in [4.69, 9.17) is 6.11 Å². The van der Waals surface area contributed by atoms with Crippen LogP contribution in [-0.4, -0.2) is 36.7 Å². The Morgan fingerprint density at radius 2 is 1.73 bits per heavy atom. The number of likely N-dealkylation sites (N-methyl/N-ethyl adjacent to an activating group) is 1. The molecule has 0 radical (unpaired) electrons. The number of hydrogen-bond donors (Lipinski definition) is 0. The molecule has 0 fully saturated rings. The average molecular weight is 353 g/mol.